The van der Waals surface area contributed by atoms with Gasteiger partial charge in [0.1, 0.15) is 5.75 Å². The summed E-state index contributed by atoms with van der Waals surface area (Å²) in [4.78, 5) is 36.2. The first-order valence-corrected chi connectivity index (χ1v) is 11.2. The number of rotatable bonds is 14. The van der Waals surface area contributed by atoms with Crippen LogP contribution in [0.15, 0.2) is 18.2 Å². The molecule has 0 N–H and O–H groups in total. The molecule has 1 fully saturated rings. The first-order chi connectivity index (χ1) is 14.6. The number of ether oxygens (including phenoxy) is 1. The van der Waals surface area contributed by atoms with Gasteiger partial charge >= 0.3 is 0 Å². The topological polar surface area (TPSA) is 89.8 Å². The number of nitro benzene ring substituents is 1. The fourth-order valence-electron chi connectivity index (χ4n) is 4.03. The fourth-order valence-corrected chi connectivity index (χ4v) is 4.03. The third-order valence-corrected chi connectivity index (χ3v) is 5.71. The van der Waals surface area contributed by atoms with Crippen LogP contribution in [0.25, 0.3) is 0 Å². The normalized spacial score (nSPS) is 13.9. The maximum atomic E-state index is 12.8. The van der Waals surface area contributed by atoms with E-state index in [0.29, 0.717) is 37.5 Å². The van der Waals surface area contributed by atoms with Gasteiger partial charge in [-0.05, 0) is 44.2 Å². The zero-order chi connectivity index (χ0) is 21.8. The van der Waals surface area contributed by atoms with Crippen molar-refractivity contribution in [3.05, 3.63) is 33.9 Å². The maximum Gasteiger partial charge on any atom is 0.280 e. The molecule has 1 aliphatic rings. The molecule has 0 aliphatic heterocycles. The largest absolute Gasteiger partial charge is 0.494 e. The van der Waals surface area contributed by atoms with Crippen LogP contribution in [0.3, 0.4) is 0 Å². The van der Waals surface area contributed by atoms with Gasteiger partial charge in [-0.25, -0.2) is 0 Å². The molecule has 0 spiro atoms. The second-order valence-electron chi connectivity index (χ2n) is 7.99. The van der Waals surface area contributed by atoms with Crippen LogP contribution in [0.1, 0.15) is 87.9 Å². The predicted octanol–water partition coefficient (Wildman–Crippen LogP) is 5.31. The number of aldehydes is 1. The molecular weight excluding hydrogens is 384 g/mol. The fraction of sp³-hybridized carbons (Fsp3) is 0.652. The number of hydrogen-bond acceptors (Lipinski definition) is 5. The van der Waals surface area contributed by atoms with Crippen molar-refractivity contribution in [3.63, 3.8) is 0 Å². The Morgan fingerprint density at radius 1 is 1.20 bits per heavy atom. The highest BCUT2D eigenvalue weighted by molar-refractivity contribution is 5.82. The summed E-state index contributed by atoms with van der Waals surface area (Å²) in [7, 11) is 0. The van der Waals surface area contributed by atoms with Crippen molar-refractivity contribution in [2.24, 2.45) is 0 Å². The smallest absolute Gasteiger partial charge is 0.280 e. The predicted molar refractivity (Wildman–Crippen MR) is 116 cm³/mol. The number of unbranched alkanes of at least 4 members (excludes halogenated alkanes) is 4. The Balaban J connectivity index is 1.75. The molecule has 1 saturated carbocycles. The minimum absolute atomic E-state index is 0.00274. The van der Waals surface area contributed by atoms with Gasteiger partial charge < -0.3 is 9.64 Å². The summed E-state index contributed by atoms with van der Waals surface area (Å²) in [5, 5.41) is 10.9. The Morgan fingerprint density at radius 3 is 2.63 bits per heavy atom. The third-order valence-electron chi connectivity index (χ3n) is 5.71. The average molecular weight is 419 g/mol. The Bertz CT molecular complexity index is 701. The number of hydrogen-bond donors (Lipinski definition) is 0. The van der Waals surface area contributed by atoms with Gasteiger partial charge in [-0.2, -0.15) is 0 Å². The molecule has 2 rings (SSSR count). The van der Waals surface area contributed by atoms with Crippen molar-refractivity contribution >= 4 is 17.9 Å². The van der Waals surface area contributed by atoms with Crippen molar-refractivity contribution in [1.82, 2.24) is 4.90 Å². The lowest BCUT2D eigenvalue weighted by molar-refractivity contribution is -0.385. The molecular formula is C23H34N2O5. The number of nitro groups is 1. The summed E-state index contributed by atoms with van der Waals surface area (Å²) < 4.78 is 5.61. The minimum atomic E-state index is -0.586. The summed E-state index contributed by atoms with van der Waals surface area (Å²) >= 11 is 0. The molecule has 1 aromatic rings. The van der Waals surface area contributed by atoms with E-state index in [9.17, 15) is 19.7 Å². The van der Waals surface area contributed by atoms with Crippen molar-refractivity contribution in [2.75, 3.05) is 13.2 Å². The van der Waals surface area contributed by atoms with Crippen molar-refractivity contribution < 1.29 is 19.2 Å². The molecule has 0 radical (unpaired) electrons. The SMILES string of the molecule is CCCCCCN(C(=O)CCCCOc1ccc([N+](=O)[O-])c(C=O)c1)C1CCCC1. The van der Waals surface area contributed by atoms with Crippen LogP contribution in [0.4, 0.5) is 5.69 Å². The van der Waals surface area contributed by atoms with Crippen LogP contribution < -0.4 is 4.74 Å². The van der Waals surface area contributed by atoms with Crippen LogP contribution in [-0.4, -0.2) is 41.2 Å². The van der Waals surface area contributed by atoms with Gasteiger partial charge in [0.15, 0.2) is 6.29 Å². The summed E-state index contributed by atoms with van der Waals surface area (Å²) in [6.45, 7) is 3.47. The second-order valence-corrected chi connectivity index (χ2v) is 7.99. The van der Waals surface area contributed by atoms with E-state index < -0.39 is 4.92 Å². The van der Waals surface area contributed by atoms with Crippen LogP contribution in [0, 0.1) is 10.1 Å². The highest BCUT2D eigenvalue weighted by Gasteiger charge is 2.25. The monoisotopic (exact) mass is 418 g/mol. The number of benzene rings is 1. The molecule has 0 aromatic heterocycles. The molecule has 1 aromatic carbocycles. The molecule has 1 aliphatic carbocycles. The van der Waals surface area contributed by atoms with Gasteiger partial charge in [-0.15, -0.1) is 0 Å². The van der Waals surface area contributed by atoms with Crippen molar-refractivity contribution in [1.29, 1.82) is 0 Å². The average Bonchev–Trinajstić information content (AvgIpc) is 3.27. The Labute approximate surface area is 178 Å². The van der Waals surface area contributed by atoms with Gasteiger partial charge in [0.2, 0.25) is 5.91 Å². The molecule has 1 amide bonds. The summed E-state index contributed by atoms with van der Waals surface area (Å²) in [5.41, 5.74) is -0.225. The standard InChI is InChI=1S/C23H34N2O5/c1-2-3-4-8-15-24(20-10-5-6-11-20)23(27)12-7-9-16-30-21-13-14-22(25(28)29)19(17-21)18-26/h13-14,17-18,20H,2-12,15-16H2,1H3. The van der Waals surface area contributed by atoms with Crippen LogP contribution >= 0.6 is 0 Å². The number of nitrogens with zero attached hydrogens (tertiary/aromatic N) is 2. The molecule has 0 unspecified atom stereocenters. The molecule has 0 saturated heterocycles. The van der Waals surface area contributed by atoms with Crippen LogP contribution in [0.5, 0.6) is 5.75 Å². The third kappa shape index (κ3) is 7.43. The van der Waals surface area contributed by atoms with Crippen molar-refractivity contribution in [3.8, 4) is 5.75 Å². The van der Waals surface area contributed by atoms with E-state index in [4.69, 9.17) is 4.74 Å². The lowest BCUT2D eigenvalue weighted by atomic mass is 10.1. The molecule has 166 valence electrons. The minimum Gasteiger partial charge on any atom is -0.494 e. The molecule has 7 heteroatoms. The second kappa shape index (κ2) is 13.0. The van der Waals surface area contributed by atoms with Gasteiger partial charge in [0, 0.05) is 25.1 Å². The zero-order valence-corrected chi connectivity index (χ0v) is 18.0. The summed E-state index contributed by atoms with van der Waals surface area (Å²) in [6.07, 6.45) is 11.8. The summed E-state index contributed by atoms with van der Waals surface area (Å²) in [5.74, 6) is 0.675. The molecule has 0 atom stereocenters. The van der Waals surface area contributed by atoms with E-state index in [1.807, 2.05) is 0 Å². The van der Waals surface area contributed by atoms with Crippen LogP contribution in [0.2, 0.25) is 0 Å². The van der Waals surface area contributed by atoms with E-state index in [0.717, 1.165) is 32.2 Å². The van der Waals surface area contributed by atoms with E-state index in [2.05, 4.69) is 11.8 Å². The number of amides is 1. The first kappa shape index (κ1) is 23.8. The quantitative estimate of drug-likeness (QED) is 0.177. The highest BCUT2D eigenvalue weighted by atomic mass is 16.6. The zero-order valence-electron chi connectivity index (χ0n) is 18.0. The molecule has 0 bridgehead atoms. The van der Waals surface area contributed by atoms with E-state index in [1.165, 1.54) is 50.3 Å². The molecule has 30 heavy (non-hydrogen) atoms. The number of carbonyl (C=O) groups is 2. The lowest BCUT2D eigenvalue weighted by Crippen LogP contribution is -2.39. The Morgan fingerprint density at radius 2 is 1.97 bits per heavy atom. The first-order valence-electron chi connectivity index (χ1n) is 11.2. The maximum absolute atomic E-state index is 12.8. The lowest BCUT2D eigenvalue weighted by Gasteiger charge is -2.29. The Kier molecular flexibility index (Phi) is 10.3. The van der Waals surface area contributed by atoms with E-state index in [1.54, 1.807) is 0 Å². The van der Waals surface area contributed by atoms with Gasteiger partial charge in [0.05, 0.1) is 17.1 Å². The van der Waals surface area contributed by atoms with Crippen LogP contribution in [-0.2, 0) is 4.79 Å². The summed E-state index contributed by atoms with van der Waals surface area (Å²) in [6, 6.07) is 4.57. The van der Waals surface area contributed by atoms with E-state index in [-0.39, 0.29) is 17.2 Å². The van der Waals surface area contributed by atoms with Gasteiger partial charge in [-0.1, -0.05) is 39.0 Å². The number of carbonyl (C=O) groups excluding carboxylic acids is 2. The molecule has 0 heterocycles. The Hall–Kier alpha value is -2.44. The van der Waals surface area contributed by atoms with Gasteiger partial charge in [0.25, 0.3) is 5.69 Å². The highest BCUT2D eigenvalue weighted by Crippen LogP contribution is 2.25. The van der Waals surface area contributed by atoms with Gasteiger partial charge in [-0.3, -0.25) is 19.7 Å². The van der Waals surface area contributed by atoms with Crippen molar-refractivity contribution in [2.45, 2.75) is 83.6 Å². The molecule has 7 nitrogen and oxygen atoms in total. The van der Waals surface area contributed by atoms with E-state index >= 15 is 0 Å².